The third kappa shape index (κ3) is 3.12. The van der Waals surface area contributed by atoms with E-state index >= 15 is 0 Å². The molecule has 3 heterocycles. The van der Waals surface area contributed by atoms with Crippen molar-refractivity contribution >= 4 is 17.3 Å². The van der Waals surface area contributed by atoms with E-state index in [2.05, 4.69) is 10.1 Å². The smallest absolute Gasteiger partial charge is 0.371 e. The summed E-state index contributed by atoms with van der Waals surface area (Å²) < 4.78 is 39.6. The maximum atomic E-state index is 12.6. The van der Waals surface area contributed by atoms with Gasteiger partial charge in [0.1, 0.15) is 5.69 Å². The number of anilines is 1. The molecule has 0 radical (unpaired) electrons. The van der Waals surface area contributed by atoms with Crippen molar-refractivity contribution in [2.24, 2.45) is 5.92 Å². The van der Waals surface area contributed by atoms with E-state index in [-0.39, 0.29) is 0 Å². The fourth-order valence-corrected chi connectivity index (χ4v) is 2.53. The number of nitrogens with zero attached hydrogens (tertiary/aromatic N) is 4. The van der Waals surface area contributed by atoms with Crippen LogP contribution in [0.1, 0.15) is 5.69 Å². The Morgan fingerprint density at radius 3 is 2.71 bits per heavy atom. The molecule has 0 amide bonds. The highest BCUT2D eigenvalue weighted by Gasteiger charge is 2.34. The summed E-state index contributed by atoms with van der Waals surface area (Å²) in [6.07, 6.45) is 0.0831. The Kier molecular flexibility index (Phi) is 3.52. The Morgan fingerprint density at radius 2 is 2.10 bits per heavy atom. The predicted molar refractivity (Wildman–Crippen MR) is 72.2 cm³/mol. The number of halogens is 4. The van der Waals surface area contributed by atoms with Crippen molar-refractivity contribution < 1.29 is 13.2 Å². The van der Waals surface area contributed by atoms with E-state index in [9.17, 15) is 13.2 Å². The van der Waals surface area contributed by atoms with Gasteiger partial charge in [0.15, 0.2) is 0 Å². The second kappa shape index (κ2) is 5.22. The fraction of sp³-hybridized carbons (Fsp3) is 0.385. The van der Waals surface area contributed by atoms with Gasteiger partial charge in [0, 0.05) is 43.6 Å². The molecule has 1 saturated heterocycles. The first kappa shape index (κ1) is 14.2. The number of pyridine rings is 1. The van der Waals surface area contributed by atoms with Crippen LogP contribution in [0.25, 0.3) is 0 Å². The molecule has 21 heavy (non-hydrogen) atoms. The minimum atomic E-state index is -4.41. The molecule has 2 aromatic heterocycles. The van der Waals surface area contributed by atoms with Crippen LogP contribution in [0, 0.1) is 5.92 Å². The van der Waals surface area contributed by atoms with Crippen molar-refractivity contribution in [2.75, 3.05) is 18.0 Å². The Bertz CT molecular complexity index is 634. The van der Waals surface area contributed by atoms with Gasteiger partial charge in [-0.05, 0) is 12.1 Å². The van der Waals surface area contributed by atoms with Crippen molar-refractivity contribution in [1.82, 2.24) is 14.8 Å². The highest BCUT2D eigenvalue weighted by molar-refractivity contribution is 6.30. The third-order valence-corrected chi connectivity index (χ3v) is 3.60. The van der Waals surface area contributed by atoms with Gasteiger partial charge in [0.05, 0.1) is 11.2 Å². The Morgan fingerprint density at radius 1 is 1.33 bits per heavy atom. The van der Waals surface area contributed by atoms with Gasteiger partial charge in [-0.25, -0.2) is 0 Å². The monoisotopic (exact) mass is 316 g/mol. The maximum Gasteiger partial charge on any atom is 0.433 e. The van der Waals surface area contributed by atoms with Crippen molar-refractivity contribution in [3.05, 3.63) is 41.4 Å². The largest absolute Gasteiger partial charge is 0.433 e. The summed E-state index contributed by atoms with van der Waals surface area (Å²) in [4.78, 5) is 5.26. The molecule has 2 aromatic rings. The lowest BCUT2D eigenvalue weighted by Gasteiger charge is -2.41. The van der Waals surface area contributed by atoms with Crippen LogP contribution < -0.4 is 4.90 Å². The van der Waals surface area contributed by atoms with Crippen LogP contribution in [0.4, 0.5) is 18.9 Å². The summed E-state index contributed by atoms with van der Waals surface area (Å²) in [5, 5.41) is 4.67. The lowest BCUT2D eigenvalue weighted by atomic mass is 9.99. The van der Waals surface area contributed by atoms with E-state index in [1.54, 1.807) is 23.1 Å². The van der Waals surface area contributed by atoms with E-state index < -0.39 is 11.9 Å². The average molecular weight is 317 g/mol. The fourth-order valence-electron chi connectivity index (χ4n) is 2.37. The number of aromatic nitrogens is 3. The molecule has 4 nitrogen and oxygen atoms in total. The summed E-state index contributed by atoms with van der Waals surface area (Å²) >= 11 is 5.78. The molecular weight excluding hydrogens is 305 g/mol. The minimum absolute atomic E-state index is 0.350. The predicted octanol–water partition coefficient (Wildman–Crippen LogP) is 3.09. The second-order valence-electron chi connectivity index (χ2n) is 5.05. The van der Waals surface area contributed by atoms with E-state index in [1.807, 2.05) is 4.90 Å². The van der Waals surface area contributed by atoms with Crippen molar-refractivity contribution in [3.63, 3.8) is 0 Å². The van der Waals surface area contributed by atoms with Gasteiger partial charge < -0.3 is 4.90 Å². The highest BCUT2D eigenvalue weighted by Crippen LogP contribution is 2.32. The van der Waals surface area contributed by atoms with Gasteiger partial charge in [-0.3, -0.25) is 9.67 Å². The highest BCUT2D eigenvalue weighted by atomic mass is 35.5. The molecule has 0 atom stereocenters. The Hall–Kier alpha value is -1.76. The van der Waals surface area contributed by atoms with Crippen LogP contribution in [0.3, 0.4) is 0 Å². The van der Waals surface area contributed by atoms with Gasteiger partial charge in [0.2, 0.25) is 0 Å². The van der Waals surface area contributed by atoms with Crippen LogP contribution >= 0.6 is 11.6 Å². The zero-order valence-electron chi connectivity index (χ0n) is 10.9. The first-order valence-electron chi connectivity index (χ1n) is 6.38. The SMILES string of the molecule is FC(F)(F)c1cc(N2CC(Cn3cc(Cl)cn3)C2)ccn1. The first-order valence-corrected chi connectivity index (χ1v) is 6.76. The van der Waals surface area contributed by atoms with Crippen LogP contribution in [-0.4, -0.2) is 27.9 Å². The van der Waals surface area contributed by atoms with Crippen molar-refractivity contribution in [3.8, 4) is 0 Å². The third-order valence-electron chi connectivity index (χ3n) is 3.40. The molecule has 0 N–H and O–H groups in total. The van der Waals surface area contributed by atoms with Gasteiger partial charge in [-0.2, -0.15) is 18.3 Å². The van der Waals surface area contributed by atoms with Crippen molar-refractivity contribution in [1.29, 1.82) is 0 Å². The topological polar surface area (TPSA) is 34.0 Å². The Labute approximate surface area is 124 Å². The summed E-state index contributed by atoms with van der Waals surface area (Å²) in [5.74, 6) is 0.350. The zero-order chi connectivity index (χ0) is 15.0. The Balaban J connectivity index is 1.61. The quantitative estimate of drug-likeness (QED) is 0.872. The van der Waals surface area contributed by atoms with Gasteiger partial charge >= 0.3 is 6.18 Å². The van der Waals surface area contributed by atoms with Crippen LogP contribution in [0.5, 0.6) is 0 Å². The van der Waals surface area contributed by atoms with Gasteiger partial charge in [-0.1, -0.05) is 11.6 Å². The molecule has 0 bridgehead atoms. The molecule has 3 rings (SSSR count). The number of rotatable bonds is 3. The summed E-state index contributed by atoms with van der Waals surface area (Å²) in [6.45, 7) is 2.10. The molecule has 1 aliphatic rings. The van der Waals surface area contributed by atoms with Crippen LogP contribution in [-0.2, 0) is 12.7 Å². The number of hydrogen-bond donors (Lipinski definition) is 0. The number of alkyl halides is 3. The normalized spacial score (nSPS) is 16.1. The van der Waals surface area contributed by atoms with Crippen LogP contribution in [0.15, 0.2) is 30.7 Å². The minimum Gasteiger partial charge on any atom is -0.371 e. The van der Waals surface area contributed by atoms with E-state index in [1.165, 1.54) is 6.20 Å². The summed E-state index contributed by atoms with van der Waals surface area (Å²) in [7, 11) is 0. The molecule has 0 aromatic carbocycles. The summed E-state index contributed by atoms with van der Waals surface area (Å²) in [5.41, 5.74) is -0.311. The average Bonchev–Trinajstić information content (AvgIpc) is 2.78. The summed E-state index contributed by atoms with van der Waals surface area (Å²) in [6, 6.07) is 2.68. The maximum absolute atomic E-state index is 12.6. The molecule has 0 spiro atoms. The van der Waals surface area contributed by atoms with Gasteiger partial charge in [-0.15, -0.1) is 0 Å². The molecule has 1 aliphatic heterocycles. The molecule has 112 valence electrons. The lowest BCUT2D eigenvalue weighted by Crippen LogP contribution is -2.48. The number of hydrogen-bond acceptors (Lipinski definition) is 3. The molecule has 0 unspecified atom stereocenters. The van der Waals surface area contributed by atoms with E-state index in [4.69, 9.17) is 11.6 Å². The first-order chi connectivity index (χ1) is 9.91. The molecule has 0 saturated carbocycles. The zero-order valence-corrected chi connectivity index (χ0v) is 11.6. The second-order valence-corrected chi connectivity index (χ2v) is 5.49. The van der Waals surface area contributed by atoms with Crippen LogP contribution in [0.2, 0.25) is 5.02 Å². The van der Waals surface area contributed by atoms with E-state index in [0.717, 1.165) is 6.07 Å². The van der Waals surface area contributed by atoms with Gasteiger partial charge in [0.25, 0.3) is 0 Å². The van der Waals surface area contributed by atoms with E-state index in [0.29, 0.717) is 36.3 Å². The standard InChI is InChI=1S/C13H12ClF3N4/c14-10-4-19-21(8-10)7-9-5-20(6-9)11-1-2-18-12(3-11)13(15,16)17/h1-4,8-9H,5-7H2. The van der Waals surface area contributed by atoms with Crippen molar-refractivity contribution in [2.45, 2.75) is 12.7 Å². The molecular formula is C13H12ClF3N4. The molecule has 1 fully saturated rings. The lowest BCUT2D eigenvalue weighted by molar-refractivity contribution is -0.141. The molecule has 8 heteroatoms. The molecule has 0 aliphatic carbocycles.